The zero-order valence-electron chi connectivity index (χ0n) is 9.68. The van der Waals surface area contributed by atoms with Gasteiger partial charge >= 0.3 is 6.18 Å². The van der Waals surface area contributed by atoms with E-state index in [0.717, 1.165) is 12.8 Å². The highest BCUT2D eigenvalue weighted by Gasteiger charge is 2.39. The van der Waals surface area contributed by atoms with Gasteiger partial charge in [-0.15, -0.1) is 0 Å². The molecule has 0 saturated carbocycles. The Morgan fingerprint density at radius 3 is 2.53 bits per heavy atom. The molecule has 1 N–H and O–H groups in total. The maximum absolute atomic E-state index is 12.1. The first-order valence-corrected chi connectivity index (χ1v) is 6.01. The van der Waals surface area contributed by atoms with Crippen LogP contribution in [0.15, 0.2) is 0 Å². The molecule has 2 rings (SSSR count). The Morgan fingerprint density at radius 2 is 1.88 bits per heavy atom. The van der Waals surface area contributed by atoms with Gasteiger partial charge < -0.3 is 14.8 Å². The van der Waals surface area contributed by atoms with E-state index in [1.807, 2.05) is 0 Å². The van der Waals surface area contributed by atoms with Gasteiger partial charge in [-0.1, -0.05) is 0 Å². The monoisotopic (exact) mass is 253 g/mol. The molecule has 0 bridgehead atoms. The molecule has 3 nitrogen and oxygen atoms in total. The average molecular weight is 253 g/mol. The third-order valence-electron chi connectivity index (χ3n) is 3.49. The van der Waals surface area contributed by atoms with Crippen molar-refractivity contribution < 1.29 is 22.6 Å². The van der Waals surface area contributed by atoms with Gasteiger partial charge in [0.15, 0.2) is 0 Å². The van der Waals surface area contributed by atoms with Crippen molar-refractivity contribution >= 4 is 0 Å². The maximum atomic E-state index is 12.1. The fourth-order valence-electron chi connectivity index (χ4n) is 2.55. The first kappa shape index (κ1) is 13.1. The zero-order chi connectivity index (χ0) is 12.4. The molecule has 1 atom stereocenters. The van der Waals surface area contributed by atoms with Crippen LogP contribution in [0, 0.1) is 0 Å². The predicted octanol–water partition coefficient (Wildman–Crippen LogP) is 1.87. The lowest BCUT2D eigenvalue weighted by atomic mass is 9.84. The van der Waals surface area contributed by atoms with E-state index in [0.29, 0.717) is 32.7 Å². The molecule has 0 aromatic carbocycles. The van der Waals surface area contributed by atoms with E-state index >= 15 is 0 Å². The molecule has 17 heavy (non-hydrogen) atoms. The molecule has 1 spiro atoms. The van der Waals surface area contributed by atoms with Crippen LogP contribution in [0.1, 0.15) is 25.7 Å². The van der Waals surface area contributed by atoms with Gasteiger partial charge in [-0.05, 0) is 25.7 Å². The molecule has 0 aromatic heterocycles. The summed E-state index contributed by atoms with van der Waals surface area (Å²) in [5.74, 6) is 0. The Labute approximate surface area is 98.7 Å². The van der Waals surface area contributed by atoms with Gasteiger partial charge in [0.05, 0.1) is 12.1 Å². The minimum atomic E-state index is -4.14. The van der Waals surface area contributed by atoms with Crippen LogP contribution >= 0.6 is 0 Å². The molecule has 6 heteroatoms. The first-order valence-electron chi connectivity index (χ1n) is 6.01. The van der Waals surface area contributed by atoms with Gasteiger partial charge in [0.2, 0.25) is 0 Å². The normalized spacial score (nSPS) is 29.5. The summed E-state index contributed by atoms with van der Waals surface area (Å²) < 4.78 is 47.4. The van der Waals surface area contributed by atoms with Gasteiger partial charge in [-0.2, -0.15) is 13.2 Å². The molecule has 2 aliphatic heterocycles. The number of nitrogens with one attached hydrogen (secondary N) is 1. The minimum absolute atomic E-state index is 0.0940. The van der Waals surface area contributed by atoms with Crippen molar-refractivity contribution in [1.29, 1.82) is 0 Å². The molecule has 0 radical (unpaired) electrons. The molecule has 2 aliphatic rings. The van der Waals surface area contributed by atoms with Crippen molar-refractivity contribution in [1.82, 2.24) is 5.32 Å². The molecule has 0 aliphatic carbocycles. The fraction of sp³-hybridized carbons (Fsp3) is 1.00. The molecule has 1 unspecified atom stereocenters. The minimum Gasteiger partial charge on any atom is -0.381 e. The molecule has 0 aromatic rings. The van der Waals surface area contributed by atoms with Gasteiger partial charge in [-0.3, -0.25) is 0 Å². The largest absolute Gasteiger partial charge is 0.401 e. The highest BCUT2D eigenvalue weighted by molar-refractivity contribution is 4.91. The molecule has 0 amide bonds. The van der Waals surface area contributed by atoms with Gasteiger partial charge in [-0.25, -0.2) is 0 Å². The van der Waals surface area contributed by atoms with E-state index in [4.69, 9.17) is 9.47 Å². The average Bonchev–Trinajstić information content (AvgIpc) is 2.27. The highest BCUT2D eigenvalue weighted by Crippen LogP contribution is 2.34. The Morgan fingerprint density at radius 1 is 1.18 bits per heavy atom. The summed E-state index contributed by atoms with van der Waals surface area (Å²) in [5.41, 5.74) is -0.250. The summed E-state index contributed by atoms with van der Waals surface area (Å²) in [4.78, 5) is 0. The molecular formula is C11H18F3NO2. The quantitative estimate of drug-likeness (QED) is 0.815. The Bertz CT molecular complexity index is 246. The standard InChI is InChI=1S/C11H18F3NO2/c12-11(13,14)8-15-9-1-4-17-10(7-9)2-5-16-6-3-10/h9,15H,1-8H2. The second-order valence-corrected chi connectivity index (χ2v) is 4.83. The molecule has 2 fully saturated rings. The van der Waals surface area contributed by atoms with E-state index in [-0.39, 0.29) is 11.6 Å². The van der Waals surface area contributed by atoms with E-state index in [1.165, 1.54) is 0 Å². The van der Waals surface area contributed by atoms with Gasteiger partial charge in [0.1, 0.15) is 0 Å². The van der Waals surface area contributed by atoms with Crippen LogP contribution in [0.25, 0.3) is 0 Å². The van der Waals surface area contributed by atoms with Gasteiger partial charge in [0.25, 0.3) is 0 Å². The molecular weight excluding hydrogens is 235 g/mol. The Balaban J connectivity index is 1.84. The van der Waals surface area contributed by atoms with Crippen LogP contribution in [0.5, 0.6) is 0 Å². The number of hydrogen-bond donors (Lipinski definition) is 1. The number of ether oxygens (including phenoxy) is 2. The summed E-state index contributed by atoms with van der Waals surface area (Å²) in [5, 5.41) is 2.59. The molecule has 2 heterocycles. The van der Waals surface area contributed by atoms with Crippen LogP contribution in [0.3, 0.4) is 0 Å². The lowest BCUT2D eigenvalue weighted by molar-refractivity contribution is -0.150. The molecule has 2 saturated heterocycles. The SMILES string of the molecule is FC(F)(F)CNC1CCOC2(CCOCC2)C1. The summed E-state index contributed by atoms with van der Waals surface area (Å²) in [6.45, 7) is 0.914. The summed E-state index contributed by atoms with van der Waals surface area (Å²) >= 11 is 0. The van der Waals surface area contributed by atoms with E-state index < -0.39 is 12.7 Å². The van der Waals surface area contributed by atoms with Crippen LogP contribution in [0.2, 0.25) is 0 Å². The van der Waals surface area contributed by atoms with E-state index in [1.54, 1.807) is 0 Å². The van der Waals surface area contributed by atoms with Crippen molar-refractivity contribution in [2.24, 2.45) is 0 Å². The first-order chi connectivity index (χ1) is 7.99. The van der Waals surface area contributed by atoms with E-state index in [9.17, 15) is 13.2 Å². The zero-order valence-corrected chi connectivity index (χ0v) is 9.68. The summed E-state index contributed by atoms with van der Waals surface area (Å²) in [6.07, 6.45) is -1.25. The van der Waals surface area contributed by atoms with Gasteiger partial charge in [0, 0.05) is 25.9 Å². The third kappa shape index (κ3) is 3.82. The summed E-state index contributed by atoms with van der Waals surface area (Å²) in [7, 11) is 0. The van der Waals surface area contributed by atoms with Crippen LogP contribution in [0.4, 0.5) is 13.2 Å². The van der Waals surface area contributed by atoms with Crippen molar-refractivity contribution in [2.75, 3.05) is 26.4 Å². The second kappa shape index (κ2) is 5.12. The van der Waals surface area contributed by atoms with Crippen molar-refractivity contribution in [3.63, 3.8) is 0 Å². The van der Waals surface area contributed by atoms with Crippen LogP contribution in [-0.2, 0) is 9.47 Å². The topological polar surface area (TPSA) is 30.5 Å². The van der Waals surface area contributed by atoms with Crippen molar-refractivity contribution in [3.8, 4) is 0 Å². The van der Waals surface area contributed by atoms with Crippen LogP contribution in [-0.4, -0.2) is 44.2 Å². The number of rotatable bonds is 2. The highest BCUT2D eigenvalue weighted by atomic mass is 19.4. The number of halogens is 3. The molecule has 100 valence electrons. The lowest BCUT2D eigenvalue weighted by Gasteiger charge is -2.43. The maximum Gasteiger partial charge on any atom is 0.401 e. The third-order valence-corrected chi connectivity index (χ3v) is 3.49. The second-order valence-electron chi connectivity index (χ2n) is 4.83. The Hall–Kier alpha value is -0.330. The fourth-order valence-corrected chi connectivity index (χ4v) is 2.55. The Kier molecular flexibility index (Phi) is 3.95. The predicted molar refractivity (Wildman–Crippen MR) is 55.8 cm³/mol. The van der Waals surface area contributed by atoms with Crippen molar-refractivity contribution in [2.45, 2.75) is 43.5 Å². The van der Waals surface area contributed by atoms with E-state index in [2.05, 4.69) is 5.32 Å². The summed E-state index contributed by atoms with van der Waals surface area (Å²) in [6, 6.07) is -0.0940. The van der Waals surface area contributed by atoms with Crippen molar-refractivity contribution in [3.05, 3.63) is 0 Å². The number of hydrogen-bond acceptors (Lipinski definition) is 3. The van der Waals surface area contributed by atoms with Crippen LogP contribution < -0.4 is 5.32 Å². The number of alkyl halides is 3. The lowest BCUT2D eigenvalue weighted by Crippen LogP contribution is -2.51. The smallest absolute Gasteiger partial charge is 0.381 e.